The van der Waals surface area contributed by atoms with Crippen molar-refractivity contribution >= 4 is 26.2 Å². The van der Waals surface area contributed by atoms with Gasteiger partial charge in [0.2, 0.25) is 0 Å². The van der Waals surface area contributed by atoms with Crippen molar-refractivity contribution in [1.29, 1.82) is 0 Å². The molecule has 3 aliphatic rings. The molecule has 1 unspecified atom stereocenters. The average molecular weight is 775 g/mol. The molecule has 2 aromatic rings. The molecule has 3 fully saturated rings. The van der Waals surface area contributed by atoms with Crippen molar-refractivity contribution in [3.8, 4) is 0 Å². The zero-order chi connectivity index (χ0) is 39.2. The minimum Gasteiger partial charge on any atom is -0.456 e. The van der Waals surface area contributed by atoms with Crippen LogP contribution in [0.3, 0.4) is 0 Å². The Bertz CT molecular complexity index is 1530. The number of esters is 3. The summed E-state index contributed by atoms with van der Waals surface area (Å²) in [7, 11) is -1.20. The summed E-state index contributed by atoms with van der Waals surface area (Å²) in [6.07, 6.45) is -10.5. The van der Waals surface area contributed by atoms with Crippen molar-refractivity contribution in [3.05, 3.63) is 71.8 Å². The van der Waals surface area contributed by atoms with E-state index in [0.717, 1.165) is 11.1 Å². The second kappa shape index (κ2) is 18.1. The van der Waals surface area contributed by atoms with E-state index in [1.807, 2.05) is 60.7 Å². The van der Waals surface area contributed by atoms with Crippen LogP contribution in [0.1, 0.15) is 59.0 Å². The van der Waals surface area contributed by atoms with Crippen molar-refractivity contribution in [2.75, 3.05) is 20.3 Å². The van der Waals surface area contributed by atoms with E-state index in [2.05, 4.69) is 33.9 Å². The van der Waals surface area contributed by atoms with E-state index in [4.69, 9.17) is 51.8 Å². The fourth-order valence-electron chi connectivity index (χ4n) is 6.43. The molecule has 3 heterocycles. The van der Waals surface area contributed by atoms with Gasteiger partial charge >= 0.3 is 17.9 Å². The summed E-state index contributed by atoms with van der Waals surface area (Å²) in [6, 6.07) is 19.5. The van der Waals surface area contributed by atoms with Gasteiger partial charge in [-0.3, -0.25) is 14.4 Å². The number of benzene rings is 2. The SMILES string of the molecule is CO[C@H]1O[C@H](CO[C@@H]2O[C@@H]3COC(c4ccccc4)O[C@H]3[C@H](OCc3ccccc3)[C@@H]2O[Si](C)(C)C(C)(C)C)[C@@H](OC(C)=O)[C@H](OC(C)=O)[C@H]1OC(C)=O. The number of ether oxygens (including phenoxy) is 10. The Kier molecular flexibility index (Phi) is 14.1. The summed E-state index contributed by atoms with van der Waals surface area (Å²) >= 11 is 0. The first-order valence-electron chi connectivity index (χ1n) is 18.2. The number of hydrogen-bond acceptors (Lipinski definition) is 14. The van der Waals surface area contributed by atoms with Gasteiger partial charge in [0.05, 0.1) is 19.8 Å². The molecule has 3 aliphatic heterocycles. The first-order valence-corrected chi connectivity index (χ1v) is 21.1. The zero-order valence-electron chi connectivity index (χ0n) is 32.5. The third-order valence-electron chi connectivity index (χ3n) is 10.0. The Hall–Kier alpha value is -3.25. The topological polar surface area (TPSA) is 153 Å². The van der Waals surface area contributed by atoms with E-state index in [-0.39, 0.29) is 24.9 Å². The van der Waals surface area contributed by atoms with Crippen molar-refractivity contribution in [2.45, 2.75) is 134 Å². The Morgan fingerprint density at radius 2 is 1.31 bits per heavy atom. The van der Waals surface area contributed by atoms with Gasteiger partial charge in [0.15, 0.2) is 45.5 Å². The average Bonchev–Trinajstić information content (AvgIpc) is 3.11. The molecule has 0 bridgehead atoms. The molecular formula is C39H54O14Si. The largest absolute Gasteiger partial charge is 0.456 e. The maximum atomic E-state index is 12.4. The van der Waals surface area contributed by atoms with Gasteiger partial charge in [-0.15, -0.1) is 0 Å². The summed E-state index contributed by atoms with van der Waals surface area (Å²) in [5, 5.41) is -0.205. The van der Waals surface area contributed by atoms with E-state index in [9.17, 15) is 14.4 Å². The Morgan fingerprint density at radius 1 is 0.722 bits per heavy atom. The van der Waals surface area contributed by atoms with Crippen molar-refractivity contribution in [1.82, 2.24) is 0 Å². The number of fused-ring (bicyclic) bond motifs is 1. The molecule has 14 nitrogen and oxygen atoms in total. The normalized spacial score (nSPS) is 31.5. The van der Waals surface area contributed by atoms with Crippen LogP contribution in [0.2, 0.25) is 18.1 Å². The molecule has 0 N–H and O–H groups in total. The molecule has 0 aliphatic carbocycles. The summed E-state index contributed by atoms with van der Waals surface area (Å²) in [6.45, 7) is 14.4. The van der Waals surface area contributed by atoms with Crippen LogP contribution in [0.4, 0.5) is 0 Å². The quantitative estimate of drug-likeness (QED) is 0.153. The van der Waals surface area contributed by atoms with Gasteiger partial charge in [-0.2, -0.15) is 0 Å². The van der Waals surface area contributed by atoms with Crippen LogP contribution < -0.4 is 0 Å². The zero-order valence-corrected chi connectivity index (χ0v) is 33.5. The van der Waals surface area contributed by atoms with Crippen LogP contribution in [0, 0.1) is 0 Å². The highest BCUT2D eigenvalue weighted by molar-refractivity contribution is 6.74. The summed E-state index contributed by atoms with van der Waals surface area (Å²) < 4.78 is 68.4. The molecule has 54 heavy (non-hydrogen) atoms. The summed E-state index contributed by atoms with van der Waals surface area (Å²) in [4.78, 5) is 36.8. The van der Waals surface area contributed by atoms with Gasteiger partial charge in [-0.05, 0) is 23.7 Å². The Morgan fingerprint density at radius 3 is 1.91 bits per heavy atom. The fraction of sp³-hybridized carbons (Fsp3) is 0.615. The van der Waals surface area contributed by atoms with Crippen LogP contribution in [-0.4, -0.2) is 108 Å². The molecule has 0 radical (unpaired) electrons. The molecule has 0 aromatic heterocycles. The van der Waals surface area contributed by atoms with Crippen molar-refractivity contribution in [2.24, 2.45) is 0 Å². The maximum Gasteiger partial charge on any atom is 0.303 e. The van der Waals surface area contributed by atoms with Gasteiger partial charge in [0.1, 0.15) is 30.5 Å². The molecule has 2 aromatic carbocycles. The highest BCUT2D eigenvalue weighted by Crippen LogP contribution is 2.43. The first kappa shape index (κ1) is 41.9. The first-order chi connectivity index (χ1) is 25.6. The lowest BCUT2D eigenvalue weighted by Crippen LogP contribution is -2.66. The van der Waals surface area contributed by atoms with Crippen LogP contribution in [0.5, 0.6) is 0 Å². The van der Waals surface area contributed by atoms with Gasteiger partial charge in [0, 0.05) is 33.4 Å². The second-order valence-corrected chi connectivity index (χ2v) is 19.9. The number of rotatable bonds is 13. The lowest BCUT2D eigenvalue weighted by molar-refractivity contribution is -0.371. The predicted molar refractivity (Wildman–Crippen MR) is 194 cm³/mol. The molecule has 0 amide bonds. The number of methoxy groups -OCH3 is 1. The standard InChI is InChI=1S/C39H54O14Si/c1-23(40)47-31-29(50-37(43-7)34(49-25(3)42)33(31)48-24(2)41)22-46-38-35(53-54(8,9)39(4,5)6)32(44-20-26-16-12-10-13-17-26)30-28(51-38)21-45-36(52-30)27-18-14-11-15-19-27/h10-19,28-38H,20-22H2,1-9H3/t28-,29-,30-,31-,32+,33+,34-,35+,36?,37+,38-/m1/s1. The number of carbonyl (C=O) groups is 3. The third-order valence-corrected chi connectivity index (χ3v) is 14.5. The molecule has 15 heteroatoms. The molecule has 0 saturated carbocycles. The predicted octanol–water partition coefficient (Wildman–Crippen LogP) is 4.98. The minimum atomic E-state index is -2.55. The van der Waals surface area contributed by atoms with Gasteiger partial charge in [-0.25, -0.2) is 0 Å². The van der Waals surface area contributed by atoms with Gasteiger partial charge < -0.3 is 51.8 Å². The monoisotopic (exact) mass is 774 g/mol. The lowest BCUT2D eigenvalue weighted by Gasteiger charge is -2.52. The Labute approximate surface area is 318 Å². The maximum absolute atomic E-state index is 12.4. The number of hydrogen-bond donors (Lipinski definition) is 0. The molecule has 5 rings (SSSR count). The molecule has 0 spiro atoms. The molecule has 3 saturated heterocycles. The van der Waals surface area contributed by atoms with Crippen LogP contribution in [0.15, 0.2) is 60.7 Å². The van der Waals surface area contributed by atoms with Crippen LogP contribution in [-0.2, 0) is 72.8 Å². The number of carbonyl (C=O) groups excluding carboxylic acids is 3. The highest BCUT2D eigenvalue weighted by atomic mass is 28.4. The van der Waals surface area contributed by atoms with E-state index in [0.29, 0.717) is 0 Å². The molecule has 298 valence electrons. The minimum absolute atomic E-state index is 0.169. The summed E-state index contributed by atoms with van der Waals surface area (Å²) in [5.41, 5.74) is 1.81. The van der Waals surface area contributed by atoms with Crippen LogP contribution in [0.25, 0.3) is 0 Å². The van der Waals surface area contributed by atoms with Gasteiger partial charge in [-0.1, -0.05) is 81.4 Å². The van der Waals surface area contributed by atoms with Gasteiger partial charge in [0.25, 0.3) is 0 Å². The smallest absolute Gasteiger partial charge is 0.303 e. The lowest BCUT2D eigenvalue weighted by atomic mass is 9.96. The molecular weight excluding hydrogens is 721 g/mol. The van der Waals surface area contributed by atoms with Crippen molar-refractivity contribution in [3.63, 3.8) is 0 Å². The Balaban J connectivity index is 1.49. The van der Waals surface area contributed by atoms with E-state index < -0.39 is 93.9 Å². The van der Waals surface area contributed by atoms with E-state index >= 15 is 0 Å². The summed E-state index contributed by atoms with van der Waals surface area (Å²) in [5.74, 6) is -2.06. The van der Waals surface area contributed by atoms with E-state index in [1.54, 1.807) is 0 Å². The van der Waals surface area contributed by atoms with E-state index in [1.165, 1.54) is 27.9 Å². The third kappa shape index (κ3) is 10.3. The highest BCUT2D eigenvalue weighted by Gasteiger charge is 2.56. The second-order valence-electron chi connectivity index (χ2n) is 15.2. The van der Waals surface area contributed by atoms with Crippen molar-refractivity contribution < 1.29 is 66.2 Å². The molecule has 11 atom stereocenters. The fourth-order valence-corrected chi connectivity index (χ4v) is 7.71. The van der Waals surface area contributed by atoms with Crippen LogP contribution >= 0.6 is 0 Å².